The second kappa shape index (κ2) is 7.26. The van der Waals surface area contributed by atoms with Gasteiger partial charge in [0.05, 0.1) is 17.7 Å². The summed E-state index contributed by atoms with van der Waals surface area (Å²) in [7, 11) is 1.60. The maximum absolute atomic E-state index is 10.9. The fourth-order valence-electron chi connectivity index (χ4n) is 1.08. The van der Waals surface area contributed by atoms with Crippen molar-refractivity contribution >= 4 is 21.8 Å². The smallest absolute Gasteiger partial charge is 0.248 e. The molecule has 0 fully saturated rings. The van der Waals surface area contributed by atoms with Crippen molar-refractivity contribution in [1.82, 2.24) is 0 Å². The van der Waals surface area contributed by atoms with Gasteiger partial charge in [-0.1, -0.05) is 0 Å². The van der Waals surface area contributed by atoms with E-state index in [0.29, 0.717) is 29.0 Å². The highest BCUT2D eigenvalue weighted by Gasteiger charge is 2.05. The van der Waals surface area contributed by atoms with Gasteiger partial charge in [0.15, 0.2) is 6.79 Å². The summed E-state index contributed by atoms with van der Waals surface area (Å²) in [6, 6.07) is 4.86. The van der Waals surface area contributed by atoms with Crippen molar-refractivity contribution in [3.63, 3.8) is 0 Å². The number of hydrogen-bond donors (Lipinski definition) is 1. The van der Waals surface area contributed by atoms with Gasteiger partial charge in [0.1, 0.15) is 5.75 Å². The van der Waals surface area contributed by atoms with Crippen LogP contribution in [0.2, 0.25) is 0 Å². The molecule has 2 N–H and O–H groups in total. The highest BCUT2D eigenvalue weighted by atomic mass is 79.9. The van der Waals surface area contributed by atoms with E-state index in [0.717, 1.165) is 0 Å². The highest BCUT2D eigenvalue weighted by Crippen LogP contribution is 2.25. The molecule has 0 aliphatic heterocycles. The molecule has 5 nitrogen and oxygen atoms in total. The van der Waals surface area contributed by atoms with Crippen LogP contribution < -0.4 is 10.5 Å². The zero-order valence-corrected chi connectivity index (χ0v) is 11.0. The number of methoxy groups -OCH3 is 1. The Morgan fingerprint density at radius 1 is 1.41 bits per heavy atom. The fourth-order valence-corrected chi connectivity index (χ4v) is 1.57. The van der Waals surface area contributed by atoms with Crippen molar-refractivity contribution in [2.24, 2.45) is 5.73 Å². The Bertz CT molecular complexity index is 384. The number of nitrogens with two attached hydrogens (primary N) is 1. The Morgan fingerprint density at radius 3 is 2.76 bits per heavy atom. The molecule has 17 heavy (non-hydrogen) atoms. The number of ether oxygens (including phenoxy) is 3. The number of hydrogen-bond acceptors (Lipinski definition) is 4. The van der Waals surface area contributed by atoms with Crippen LogP contribution in [0.5, 0.6) is 5.75 Å². The van der Waals surface area contributed by atoms with Crippen molar-refractivity contribution in [3.05, 3.63) is 28.2 Å². The summed E-state index contributed by atoms with van der Waals surface area (Å²) in [5, 5.41) is 0. The topological polar surface area (TPSA) is 70.8 Å². The first-order valence-electron chi connectivity index (χ1n) is 4.94. The quantitative estimate of drug-likeness (QED) is 0.613. The van der Waals surface area contributed by atoms with Crippen LogP contribution in [0.4, 0.5) is 0 Å². The van der Waals surface area contributed by atoms with Gasteiger partial charge in [-0.15, -0.1) is 0 Å². The van der Waals surface area contributed by atoms with E-state index in [1.54, 1.807) is 25.3 Å². The lowest BCUT2D eigenvalue weighted by molar-refractivity contribution is -0.00879. The number of primary amides is 1. The van der Waals surface area contributed by atoms with Crippen LogP contribution in [0.3, 0.4) is 0 Å². The first kappa shape index (κ1) is 14.0. The van der Waals surface area contributed by atoms with Gasteiger partial charge in [0.2, 0.25) is 5.91 Å². The third kappa shape index (κ3) is 4.72. The summed E-state index contributed by atoms with van der Waals surface area (Å²) in [4.78, 5) is 10.9. The molecule has 0 spiro atoms. The molecule has 0 radical (unpaired) electrons. The number of halogens is 1. The number of rotatable bonds is 7. The molecule has 0 saturated heterocycles. The third-order valence-electron chi connectivity index (χ3n) is 1.95. The summed E-state index contributed by atoms with van der Waals surface area (Å²) < 4.78 is 16.0. The Morgan fingerprint density at radius 2 is 2.18 bits per heavy atom. The summed E-state index contributed by atoms with van der Waals surface area (Å²) in [5.41, 5.74) is 5.57. The second-order valence-electron chi connectivity index (χ2n) is 3.17. The zero-order valence-electron chi connectivity index (χ0n) is 9.44. The fraction of sp³-hybridized carbons (Fsp3) is 0.364. The van der Waals surface area contributed by atoms with Gasteiger partial charge >= 0.3 is 0 Å². The van der Waals surface area contributed by atoms with Gasteiger partial charge in [-0.2, -0.15) is 0 Å². The lowest BCUT2D eigenvalue weighted by atomic mass is 10.2. The lowest BCUT2D eigenvalue weighted by Gasteiger charge is -2.09. The summed E-state index contributed by atoms with van der Waals surface area (Å²) in [6.07, 6.45) is 0. The van der Waals surface area contributed by atoms with Crippen LogP contribution in [0.25, 0.3) is 0 Å². The van der Waals surface area contributed by atoms with E-state index in [1.165, 1.54) is 0 Å². The molecule has 1 rings (SSSR count). The number of carbonyl (C=O) groups is 1. The van der Waals surface area contributed by atoms with E-state index >= 15 is 0 Å². The monoisotopic (exact) mass is 303 g/mol. The number of benzene rings is 1. The van der Waals surface area contributed by atoms with E-state index in [2.05, 4.69) is 15.9 Å². The molecule has 0 bridgehead atoms. The van der Waals surface area contributed by atoms with Gasteiger partial charge in [-0.05, 0) is 34.1 Å². The minimum Gasteiger partial charge on any atom is -0.466 e. The van der Waals surface area contributed by atoms with E-state index in [9.17, 15) is 4.79 Å². The maximum Gasteiger partial charge on any atom is 0.248 e. The second-order valence-corrected chi connectivity index (χ2v) is 4.03. The van der Waals surface area contributed by atoms with Gasteiger partial charge in [0, 0.05) is 12.7 Å². The van der Waals surface area contributed by atoms with E-state index < -0.39 is 5.91 Å². The molecule has 6 heteroatoms. The van der Waals surface area contributed by atoms with Crippen molar-refractivity contribution in [2.45, 2.75) is 0 Å². The molecular weight excluding hydrogens is 290 g/mol. The highest BCUT2D eigenvalue weighted by molar-refractivity contribution is 9.10. The predicted molar refractivity (Wildman–Crippen MR) is 66.0 cm³/mol. The van der Waals surface area contributed by atoms with Crippen molar-refractivity contribution in [3.8, 4) is 5.75 Å². The largest absolute Gasteiger partial charge is 0.466 e. The molecule has 0 aliphatic rings. The average molecular weight is 304 g/mol. The molecule has 0 unspecified atom stereocenters. The SMILES string of the molecule is COCCOCOc1ccc(C(N)=O)cc1Br. The Hall–Kier alpha value is -1.11. The summed E-state index contributed by atoms with van der Waals surface area (Å²) in [6.45, 7) is 1.11. The van der Waals surface area contributed by atoms with E-state index in [4.69, 9.17) is 19.9 Å². The molecule has 0 heterocycles. The molecule has 0 aromatic heterocycles. The molecule has 1 aromatic carbocycles. The Labute approximate surface area is 108 Å². The summed E-state index contributed by atoms with van der Waals surface area (Å²) >= 11 is 3.29. The van der Waals surface area contributed by atoms with Gasteiger partial charge in [-0.25, -0.2) is 0 Å². The zero-order chi connectivity index (χ0) is 12.7. The lowest BCUT2D eigenvalue weighted by Crippen LogP contribution is -2.11. The van der Waals surface area contributed by atoms with Crippen LogP contribution in [-0.4, -0.2) is 33.0 Å². The normalized spacial score (nSPS) is 10.2. The third-order valence-corrected chi connectivity index (χ3v) is 2.57. The van der Waals surface area contributed by atoms with Crippen molar-refractivity contribution in [2.75, 3.05) is 27.1 Å². The molecule has 0 atom stereocenters. The van der Waals surface area contributed by atoms with Crippen LogP contribution in [0.15, 0.2) is 22.7 Å². The minimum absolute atomic E-state index is 0.123. The summed E-state index contributed by atoms with van der Waals surface area (Å²) in [5.74, 6) is 0.112. The maximum atomic E-state index is 10.9. The Balaban J connectivity index is 2.46. The molecular formula is C11H14BrNO4. The van der Waals surface area contributed by atoms with Crippen molar-refractivity contribution in [1.29, 1.82) is 0 Å². The Kier molecular flexibility index (Phi) is 5.96. The van der Waals surface area contributed by atoms with Crippen LogP contribution in [0, 0.1) is 0 Å². The molecule has 0 saturated carbocycles. The number of carbonyl (C=O) groups excluding carboxylic acids is 1. The van der Waals surface area contributed by atoms with Crippen molar-refractivity contribution < 1.29 is 19.0 Å². The van der Waals surface area contributed by atoms with Gasteiger partial charge < -0.3 is 19.9 Å². The van der Waals surface area contributed by atoms with Crippen LogP contribution >= 0.6 is 15.9 Å². The van der Waals surface area contributed by atoms with Crippen LogP contribution in [0.1, 0.15) is 10.4 Å². The van der Waals surface area contributed by atoms with Gasteiger partial charge in [0.25, 0.3) is 0 Å². The van der Waals surface area contributed by atoms with E-state index in [1.807, 2.05) is 0 Å². The predicted octanol–water partition coefficient (Wildman–Crippen LogP) is 1.55. The number of amides is 1. The molecule has 94 valence electrons. The first-order valence-corrected chi connectivity index (χ1v) is 5.73. The molecule has 1 amide bonds. The van der Waals surface area contributed by atoms with Gasteiger partial charge in [-0.3, -0.25) is 4.79 Å². The first-order chi connectivity index (χ1) is 8.15. The minimum atomic E-state index is -0.478. The molecule has 0 aliphatic carbocycles. The van der Waals surface area contributed by atoms with E-state index in [-0.39, 0.29) is 6.79 Å². The molecule has 1 aromatic rings. The van der Waals surface area contributed by atoms with Crippen LogP contribution in [-0.2, 0) is 9.47 Å². The standard InChI is InChI=1S/C11H14BrNO4/c1-15-4-5-16-7-17-10-3-2-8(11(13)14)6-9(10)12/h2-3,6H,4-5,7H2,1H3,(H2,13,14). The average Bonchev–Trinajstić information content (AvgIpc) is 2.30.